The maximum atomic E-state index is 13.9. The van der Waals surface area contributed by atoms with Gasteiger partial charge in [-0.25, -0.2) is 8.42 Å². The van der Waals surface area contributed by atoms with E-state index in [1.165, 1.54) is 12.1 Å². The summed E-state index contributed by atoms with van der Waals surface area (Å²) < 4.78 is 152. The number of halogens is 9. The molecule has 0 bridgehead atoms. The average Bonchev–Trinajstić information content (AvgIpc) is 3.34. The first kappa shape index (κ1) is 32.2. The van der Waals surface area contributed by atoms with E-state index >= 15 is 0 Å². The molecule has 0 unspecified atom stereocenters. The van der Waals surface area contributed by atoms with Gasteiger partial charge in [-0.15, -0.1) is 0 Å². The zero-order chi connectivity index (χ0) is 34.1. The van der Waals surface area contributed by atoms with Gasteiger partial charge in [-0.3, -0.25) is 0 Å². The maximum absolute atomic E-state index is 13.9. The van der Waals surface area contributed by atoms with Crippen molar-refractivity contribution in [3.8, 4) is 16.8 Å². The molecule has 0 radical (unpaired) electrons. The first-order valence-electron chi connectivity index (χ1n) is 13.7. The van der Waals surface area contributed by atoms with Crippen LogP contribution < -0.4 is 0 Å². The minimum absolute atomic E-state index is 0.394. The summed E-state index contributed by atoms with van der Waals surface area (Å²) in [4.78, 5) is -3.26. The van der Waals surface area contributed by atoms with E-state index in [1.807, 2.05) is 73.7 Å². The van der Waals surface area contributed by atoms with E-state index in [0.29, 0.717) is 11.1 Å². The summed E-state index contributed by atoms with van der Waals surface area (Å²) in [5.74, 6) is 0. The SMILES string of the molecule is Cc1cc(-c2ccc(S(=O)(=O)c3c(C(F)(F)F)cc(C(F)(F)F)cc3C(F)(F)F)cc2)cc2c3ccccc3n(-c3ccccc3)c12. The van der Waals surface area contributed by atoms with E-state index in [9.17, 15) is 47.9 Å². The van der Waals surface area contributed by atoms with Crippen molar-refractivity contribution >= 4 is 31.6 Å². The number of sulfone groups is 1. The van der Waals surface area contributed by atoms with Crippen molar-refractivity contribution < 1.29 is 47.9 Å². The second-order valence-corrected chi connectivity index (χ2v) is 12.7. The van der Waals surface area contributed by atoms with Gasteiger partial charge in [0.15, 0.2) is 0 Å². The van der Waals surface area contributed by atoms with Crippen molar-refractivity contribution in [2.75, 3.05) is 0 Å². The van der Waals surface area contributed by atoms with E-state index in [4.69, 9.17) is 0 Å². The van der Waals surface area contributed by atoms with Gasteiger partial charge in [0.25, 0.3) is 0 Å². The fraction of sp³-hybridized carbons (Fsp3) is 0.118. The molecule has 0 N–H and O–H groups in total. The van der Waals surface area contributed by atoms with Gasteiger partial charge in [0.05, 0.1) is 37.5 Å². The van der Waals surface area contributed by atoms with Crippen LogP contribution in [0.5, 0.6) is 0 Å². The number of aryl methyl sites for hydroxylation is 1. The van der Waals surface area contributed by atoms with Crippen molar-refractivity contribution in [2.45, 2.75) is 35.2 Å². The zero-order valence-corrected chi connectivity index (χ0v) is 24.7. The molecule has 5 aromatic carbocycles. The molecule has 6 rings (SSSR count). The summed E-state index contributed by atoms with van der Waals surface area (Å²) in [5.41, 5.74) is -2.92. The number of hydrogen-bond donors (Lipinski definition) is 0. The normalized spacial score (nSPS) is 13.1. The van der Waals surface area contributed by atoms with Crippen LogP contribution in [0.4, 0.5) is 39.5 Å². The van der Waals surface area contributed by atoms with E-state index < -0.39 is 67.0 Å². The monoisotopic (exact) mass is 677 g/mol. The molecular weight excluding hydrogens is 657 g/mol. The molecule has 0 atom stereocenters. The van der Waals surface area contributed by atoms with Gasteiger partial charge in [0, 0.05) is 16.5 Å². The lowest BCUT2D eigenvalue weighted by Crippen LogP contribution is -2.22. The highest BCUT2D eigenvalue weighted by Gasteiger charge is 2.48. The Bertz CT molecular complexity index is 2230. The molecule has 0 fully saturated rings. The molecule has 3 nitrogen and oxygen atoms in total. The summed E-state index contributed by atoms with van der Waals surface area (Å²) in [6, 6.07) is 23.7. The van der Waals surface area contributed by atoms with Crippen LogP contribution in [-0.2, 0) is 28.4 Å². The summed E-state index contributed by atoms with van der Waals surface area (Å²) in [7, 11) is -5.64. The molecule has 0 saturated carbocycles. The van der Waals surface area contributed by atoms with E-state index in [1.54, 1.807) is 0 Å². The summed E-state index contributed by atoms with van der Waals surface area (Å²) >= 11 is 0. The predicted molar refractivity (Wildman–Crippen MR) is 158 cm³/mol. The lowest BCUT2D eigenvalue weighted by molar-refractivity contribution is -0.152. The van der Waals surface area contributed by atoms with Gasteiger partial charge < -0.3 is 4.57 Å². The number of aromatic nitrogens is 1. The minimum atomic E-state index is -5.87. The van der Waals surface area contributed by atoms with Crippen molar-refractivity contribution in [1.29, 1.82) is 0 Å². The van der Waals surface area contributed by atoms with Crippen LogP contribution in [0.25, 0.3) is 38.6 Å². The van der Waals surface area contributed by atoms with Gasteiger partial charge in [0.2, 0.25) is 9.84 Å². The number of rotatable bonds is 4. The Balaban J connectivity index is 1.50. The third-order valence-corrected chi connectivity index (χ3v) is 9.64. The highest BCUT2D eigenvalue weighted by Crippen LogP contribution is 2.47. The standard InChI is InChI=1S/C34H20F9NO2S/c1-19-15-21(16-26-25-9-5-6-10-29(25)44(30(19)26)23-7-3-2-4-8-23)20-11-13-24(14-12-20)47(45,46)31-27(33(38,39)40)17-22(32(35,36)37)18-28(31)34(41,42)43/h2-18H,1H3. The third kappa shape index (κ3) is 5.62. The largest absolute Gasteiger partial charge is 0.417 e. The van der Waals surface area contributed by atoms with Crippen LogP contribution >= 0.6 is 0 Å². The summed E-state index contributed by atoms with van der Waals surface area (Å²) in [6.45, 7) is 1.87. The lowest BCUT2D eigenvalue weighted by Gasteiger charge is -2.21. The van der Waals surface area contributed by atoms with Crippen LogP contribution in [0, 0.1) is 6.92 Å². The van der Waals surface area contributed by atoms with Crippen LogP contribution in [0.3, 0.4) is 0 Å². The fourth-order valence-electron chi connectivity index (χ4n) is 5.76. The number of hydrogen-bond acceptors (Lipinski definition) is 2. The van der Waals surface area contributed by atoms with Gasteiger partial charge in [-0.2, -0.15) is 39.5 Å². The van der Waals surface area contributed by atoms with Crippen LogP contribution in [0.1, 0.15) is 22.3 Å². The number of alkyl halides is 9. The second-order valence-electron chi connectivity index (χ2n) is 10.8. The highest BCUT2D eigenvalue weighted by molar-refractivity contribution is 7.91. The highest BCUT2D eigenvalue weighted by atomic mass is 32.2. The minimum Gasteiger partial charge on any atom is -0.309 e. The van der Waals surface area contributed by atoms with Crippen molar-refractivity contribution in [2.24, 2.45) is 0 Å². The Kier molecular flexibility index (Phi) is 7.46. The molecular formula is C34H20F9NO2S. The summed E-state index contributed by atoms with van der Waals surface area (Å²) in [5, 5.41) is 1.74. The number of benzene rings is 5. The van der Waals surface area contributed by atoms with E-state index in [2.05, 4.69) is 4.57 Å². The Labute approximate surface area is 261 Å². The Morgan fingerprint density at radius 3 is 1.68 bits per heavy atom. The molecule has 1 heterocycles. The molecule has 47 heavy (non-hydrogen) atoms. The molecule has 0 aliphatic rings. The molecule has 0 amide bonds. The maximum Gasteiger partial charge on any atom is 0.417 e. The smallest absolute Gasteiger partial charge is 0.309 e. The molecule has 0 aliphatic heterocycles. The molecule has 0 spiro atoms. The summed E-state index contributed by atoms with van der Waals surface area (Å²) in [6.07, 6.45) is -17.3. The van der Waals surface area contributed by atoms with E-state index in [-0.39, 0.29) is 0 Å². The van der Waals surface area contributed by atoms with Crippen LogP contribution in [0.2, 0.25) is 0 Å². The quantitative estimate of drug-likeness (QED) is 0.174. The third-order valence-electron chi connectivity index (χ3n) is 7.77. The van der Waals surface area contributed by atoms with Crippen molar-refractivity contribution in [1.82, 2.24) is 4.57 Å². The first-order chi connectivity index (χ1) is 21.9. The Hall–Kier alpha value is -4.78. The predicted octanol–water partition coefficient (Wildman–Crippen LogP) is 10.6. The zero-order valence-electron chi connectivity index (χ0n) is 23.9. The number of para-hydroxylation sites is 2. The second kappa shape index (κ2) is 10.9. The van der Waals surface area contributed by atoms with Crippen molar-refractivity contribution in [3.05, 3.63) is 125 Å². The van der Waals surface area contributed by atoms with Crippen LogP contribution in [0.15, 0.2) is 113 Å². The van der Waals surface area contributed by atoms with Gasteiger partial charge >= 0.3 is 18.5 Å². The van der Waals surface area contributed by atoms with Gasteiger partial charge in [0.1, 0.15) is 0 Å². The molecule has 1 aromatic heterocycles. The van der Waals surface area contributed by atoms with Gasteiger partial charge in [-0.1, -0.05) is 48.5 Å². The molecule has 6 aromatic rings. The molecule has 242 valence electrons. The lowest BCUT2D eigenvalue weighted by atomic mass is 10.00. The average molecular weight is 678 g/mol. The van der Waals surface area contributed by atoms with Crippen LogP contribution in [-0.4, -0.2) is 13.0 Å². The number of nitrogens with zero attached hydrogens (tertiary/aromatic N) is 1. The van der Waals surface area contributed by atoms with Gasteiger partial charge in [-0.05, 0) is 78.2 Å². The molecule has 0 saturated heterocycles. The first-order valence-corrected chi connectivity index (χ1v) is 15.2. The van der Waals surface area contributed by atoms with Crippen molar-refractivity contribution in [3.63, 3.8) is 0 Å². The van der Waals surface area contributed by atoms with E-state index in [0.717, 1.165) is 45.2 Å². The Morgan fingerprint density at radius 1 is 0.574 bits per heavy atom. The molecule has 13 heteroatoms. The fourth-order valence-corrected chi connectivity index (χ4v) is 7.42. The molecule has 0 aliphatic carbocycles. The Morgan fingerprint density at radius 2 is 1.13 bits per heavy atom. The topological polar surface area (TPSA) is 39.1 Å². The number of fused-ring (bicyclic) bond motifs is 3.